The summed E-state index contributed by atoms with van der Waals surface area (Å²) in [7, 11) is 1.56. The smallest absolute Gasteiger partial charge is 0.146 e. The number of halogens is 1. The molecule has 0 spiro atoms. The van der Waals surface area contributed by atoms with Crippen molar-refractivity contribution in [2.45, 2.75) is 18.9 Å². The van der Waals surface area contributed by atoms with E-state index < -0.39 is 0 Å². The molecule has 0 aromatic heterocycles. The van der Waals surface area contributed by atoms with Crippen LogP contribution in [0.4, 0.5) is 10.1 Å². The van der Waals surface area contributed by atoms with Crippen molar-refractivity contribution in [3.63, 3.8) is 0 Å². The summed E-state index contributed by atoms with van der Waals surface area (Å²) in [6, 6.07) is 4.66. The lowest BCUT2D eigenvalue weighted by molar-refractivity contribution is 0.0485. The Morgan fingerprint density at radius 2 is 2.42 bits per heavy atom. The molecule has 106 valence electrons. The molecule has 1 aromatic carbocycles. The Kier molecular flexibility index (Phi) is 4.99. The van der Waals surface area contributed by atoms with Gasteiger partial charge in [0, 0.05) is 31.2 Å². The van der Waals surface area contributed by atoms with Crippen LogP contribution in [0.5, 0.6) is 5.75 Å². The molecule has 2 atom stereocenters. The van der Waals surface area contributed by atoms with Crippen LogP contribution in [0.3, 0.4) is 0 Å². The van der Waals surface area contributed by atoms with Crippen LogP contribution in [-0.4, -0.2) is 32.9 Å². The molecule has 1 aromatic rings. The predicted octanol–water partition coefficient (Wildman–Crippen LogP) is 2.00. The van der Waals surface area contributed by atoms with Crippen LogP contribution >= 0.6 is 0 Å². The van der Waals surface area contributed by atoms with E-state index in [1.807, 2.05) is 0 Å². The van der Waals surface area contributed by atoms with Crippen LogP contribution in [0.2, 0.25) is 0 Å². The highest BCUT2D eigenvalue weighted by molar-refractivity contribution is 5.50. The van der Waals surface area contributed by atoms with Crippen LogP contribution in [0.1, 0.15) is 12.8 Å². The van der Waals surface area contributed by atoms with E-state index in [-0.39, 0.29) is 11.9 Å². The highest BCUT2D eigenvalue weighted by Gasteiger charge is 2.23. The number of nitrogens with two attached hydrogens (primary N) is 1. The summed E-state index contributed by atoms with van der Waals surface area (Å²) in [5.74, 6) is 0.653. The Labute approximate surface area is 113 Å². The maximum absolute atomic E-state index is 13.8. The summed E-state index contributed by atoms with van der Waals surface area (Å²) >= 11 is 0. The molecule has 0 aliphatic carbocycles. The fraction of sp³-hybridized carbons (Fsp3) is 0.571. The van der Waals surface area contributed by atoms with Crippen molar-refractivity contribution in [1.29, 1.82) is 0 Å². The Bertz CT molecular complexity index is 408. The summed E-state index contributed by atoms with van der Waals surface area (Å²) in [5, 5.41) is 3.18. The second kappa shape index (κ2) is 6.73. The van der Waals surface area contributed by atoms with Crippen molar-refractivity contribution in [2.24, 2.45) is 11.7 Å². The lowest BCUT2D eigenvalue weighted by atomic mass is 9.93. The van der Waals surface area contributed by atoms with Gasteiger partial charge in [-0.25, -0.2) is 4.39 Å². The van der Waals surface area contributed by atoms with Gasteiger partial charge in [-0.1, -0.05) is 0 Å². The maximum Gasteiger partial charge on any atom is 0.146 e. The maximum atomic E-state index is 13.8. The van der Waals surface area contributed by atoms with Gasteiger partial charge in [-0.15, -0.1) is 0 Å². The number of nitrogens with one attached hydrogen (secondary N) is 1. The summed E-state index contributed by atoms with van der Waals surface area (Å²) in [6.45, 7) is 1.94. The van der Waals surface area contributed by atoms with Crippen molar-refractivity contribution < 1.29 is 13.9 Å². The zero-order valence-corrected chi connectivity index (χ0v) is 11.2. The lowest BCUT2D eigenvalue weighted by Crippen LogP contribution is -2.40. The Morgan fingerprint density at radius 1 is 1.58 bits per heavy atom. The monoisotopic (exact) mass is 268 g/mol. The highest BCUT2D eigenvalue weighted by atomic mass is 19.1. The van der Waals surface area contributed by atoms with E-state index in [1.54, 1.807) is 19.2 Å². The standard InChI is InChI=1S/C14H21FN2O2/c1-18-11-4-5-12(15)13(7-11)17-14(8-16)10-3-2-6-19-9-10/h4-5,7,10,14,17H,2-3,6,8-9,16H2,1H3. The number of rotatable bonds is 5. The number of ether oxygens (including phenoxy) is 2. The zero-order chi connectivity index (χ0) is 13.7. The van der Waals surface area contributed by atoms with E-state index >= 15 is 0 Å². The second-order valence-electron chi connectivity index (χ2n) is 4.81. The minimum atomic E-state index is -0.295. The SMILES string of the molecule is COc1ccc(F)c(NC(CN)C2CCCOC2)c1. The van der Waals surface area contributed by atoms with E-state index in [1.165, 1.54) is 6.07 Å². The molecule has 0 saturated carbocycles. The van der Waals surface area contributed by atoms with Gasteiger partial charge in [0.25, 0.3) is 0 Å². The van der Waals surface area contributed by atoms with Gasteiger partial charge in [-0.3, -0.25) is 0 Å². The summed E-state index contributed by atoms with van der Waals surface area (Å²) in [5.41, 5.74) is 6.23. The first-order valence-corrected chi connectivity index (χ1v) is 6.62. The average Bonchev–Trinajstić information content (AvgIpc) is 2.47. The number of methoxy groups -OCH3 is 1. The van der Waals surface area contributed by atoms with Gasteiger partial charge in [0.05, 0.1) is 19.4 Å². The molecule has 2 unspecified atom stereocenters. The van der Waals surface area contributed by atoms with E-state index in [4.69, 9.17) is 15.2 Å². The van der Waals surface area contributed by atoms with Crippen LogP contribution in [0.15, 0.2) is 18.2 Å². The first-order valence-electron chi connectivity index (χ1n) is 6.62. The molecule has 0 bridgehead atoms. The van der Waals surface area contributed by atoms with E-state index in [0.717, 1.165) is 19.4 Å². The van der Waals surface area contributed by atoms with Gasteiger partial charge in [0.1, 0.15) is 11.6 Å². The molecule has 0 radical (unpaired) electrons. The third-order valence-corrected chi connectivity index (χ3v) is 3.53. The molecule has 1 heterocycles. The third-order valence-electron chi connectivity index (χ3n) is 3.53. The number of benzene rings is 1. The average molecular weight is 268 g/mol. The molecule has 1 fully saturated rings. The molecule has 19 heavy (non-hydrogen) atoms. The minimum Gasteiger partial charge on any atom is -0.497 e. The van der Waals surface area contributed by atoms with Crippen LogP contribution in [0.25, 0.3) is 0 Å². The van der Waals surface area contributed by atoms with Crippen LogP contribution < -0.4 is 15.8 Å². The fourth-order valence-electron chi connectivity index (χ4n) is 2.39. The molecule has 2 rings (SSSR count). The first-order chi connectivity index (χ1) is 9.24. The molecule has 1 aliphatic heterocycles. The van der Waals surface area contributed by atoms with E-state index in [0.29, 0.717) is 30.5 Å². The molecule has 5 heteroatoms. The normalized spacial score (nSPS) is 20.9. The van der Waals surface area contributed by atoms with E-state index in [2.05, 4.69) is 5.32 Å². The highest BCUT2D eigenvalue weighted by Crippen LogP contribution is 2.25. The molecule has 1 saturated heterocycles. The van der Waals surface area contributed by atoms with E-state index in [9.17, 15) is 4.39 Å². The lowest BCUT2D eigenvalue weighted by Gasteiger charge is -2.30. The van der Waals surface area contributed by atoms with Gasteiger partial charge in [0.2, 0.25) is 0 Å². The molecule has 1 aliphatic rings. The van der Waals surface area contributed by atoms with Crippen LogP contribution in [-0.2, 0) is 4.74 Å². The van der Waals surface area contributed by atoms with Crippen molar-refractivity contribution >= 4 is 5.69 Å². The fourth-order valence-corrected chi connectivity index (χ4v) is 2.39. The van der Waals surface area contributed by atoms with Gasteiger partial charge in [-0.05, 0) is 25.0 Å². The summed E-state index contributed by atoms with van der Waals surface area (Å²) in [6.07, 6.45) is 2.09. The molecule has 0 amide bonds. The summed E-state index contributed by atoms with van der Waals surface area (Å²) in [4.78, 5) is 0. The number of anilines is 1. The number of hydrogen-bond acceptors (Lipinski definition) is 4. The molecular formula is C14H21FN2O2. The predicted molar refractivity (Wildman–Crippen MR) is 73.0 cm³/mol. The molecule has 4 nitrogen and oxygen atoms in total. The summed E-state index contributed by atoms with van der Waals surface area (Å²) < 4.78 is 24.4. The number of hydrogen-bond donors (Lipinski definition) is 2. The molecule has 3 N–H and O–H groups in total. The largest absolute Gasteiger partial charge is 0.497 e. The third kappa shape index (κ3) is 3.58. The van der Waals surface area contributed by atoms with Gasteiger partial charge in [0.15, 0.2) is 0 Å². The minimum absolute atomic E-state index is 0.0157. The zero-order valence-electron chi connectivity index (χ0n) is 11.2. The van der Waals surface area contributed by atoms with Gasteiger partial charge < -0.3 is 20.5 Å². The Morgan fingerprint density at radius 3 is 3.05 bits per heavy atom. The topological polar surface area (TPSA) is 56.5 Å². The van der Waals surface area contributed by atoms with Crippen molar-refractivity contribution in [1.82, 2.24) is 0 Å². The Hall–Kier alpha value is -1.33. The van der Waals surface area contributed by atoms with Crippen molar-refractivity contribution in [3.8, 4) is 5.75 Å². The van der Waals surface area contributed by atoms with Crippen molar-refractivity contribution in [2.75, 3.05) is 32.2 Å². The Balaban J connectivity index is 2.08. The molecular weight excluding hydrogens is 247 g/mol. The van der Waals surface area contributed by atoms with Crippen LogP contribution in [0, 0.1) is 11.7 Å². The van der Waals surface area contributed by atoms with Gasteiger partial charge >= 0.3 is 0 Å². The first kappa shape index (κ1) is 14.1. The van der Waals surface area contributed by atoms with Gasteiger partial charge in [-0.2, -0.15) is 0 Å². The van der Waals surface area contributed by atoms with Crippen molar-refractivity contribution in [3.05, 3.63) is 24.0 Å². The second-order valence-corrected chi connectivity index (χ2v) is 4.81. The quantitative estimate of drug-likeness (QED) is 0.857.